The molecule has 1 amide bonds. The van der Waals surface area contributed by atoms with Gasteiger partial charge in [0.25, 0.3) is 0 Å². The van der Waals surface area contributed by atoms with E-state index < -0.39 is 35.0 Å². The van der Waals surface area contributed by atoms with E-state index in [-0.39, 0.29) is 29.5 Å². The first-order valence-electron chi connectivity index (χ1n) is 12.6. The Balaban J connectivity index is 1.81. The van der Waals surface area contributed by atoms with Gasteiger partial charge in [0.2, 0.25) is 0 Å². The third-order valence-electron chi connectivity index (χ3n) is 6.41. The van der Waals surface area contributed by atoms with Crippen LogP contribution in [-0.2, 0) is 16.5 Å². The van der Waals surface area contributed by atoms with Crippen molar-refractivity contribution in [3.05, 3.63) is 28.8 Å². The number of unbranched alkanes of at least 4 members (excludes halogenated alkanes) is 5. The van der Waals surface area contributed by atoms with Crippen LogP contribution in [0.2, 0.25) is 0 Å². The summed E-state index contributed by atoms with van der Waals surface area (Å²) in [6, 6.07) is 3.85. The van der Waals surface area contributed by atoms with Crippen molar-refractivity contribution in [3.63, 3.8) is 0 Å². The highest BCUT2D eigenvalue weighted by Gasteiger charge is 2.54. The van der Waals surface area contributed by atoms with Crippen LogP contribution in [-0.4, -0.2) is 45.7 Å². The third kappa shape index (κ3) is 6.73. The van der Waals surface area contributed by atoms with Gasteiger partial charge in [-0.05, 0) is 31.5 Å². The third-order valence-corrected chi connectivity index (χ3v) is 7.63. The number of nitrogens with zero attached hydrogens (tertiary/aromatic N) is 3. The molecular weight excluding hydrogens is 507 g/mol. The predicted molar refractivity (Wildman–Crippen MR) is 136 cm³/mol. The Bertz CT molecular complexity index is 1070. The summed E-state index contributed by atoms with van der Waals surface area (Å²) in [5.74, 6) is -0.212. The average molecular weight is 544 g/mol. The van der Waals surface area contributed by atoms with Crippen molar-refractivity contribution in [2.24, 2.45) is 5.41 Å². The first-order chi connectivity index (χ1) is 17.3. The quantitative estimate of drug-likeness (QED) is 0.311. The second-order valence-electron chi connectivity index (χ2n) is 10.7. The van der Waals surface area contributed by atoms with Crippen molar-refractivity contribution in [1.29, 1.82) is 0 Å². The monoisotopic (exact) mass is 543 g/mol. The normalized spacial score (nSPS) is 20.4. The molecule has 1 aromatic heterocycles. The van der Waals surface area contributed by atoms with Crippen LogP contribution in [0.4, 0.5) is 18.0 Å². The SMILES string of the molecule is CCCCCCCCOc1ccc(-c2nnc([C@]3(C)CO[C@H](C(C)(C)C)N3C(=O)O)s2)cc1C(F)(F)F. The molecule has 0 saturated carbocycles. The molecule has 1 saturated heterocycles. The first-order valence-corrected chi connectivity index (χ1v) is 13.4. The Labute approximate surface area is 220 Å². The molecule has 2 heterocycles. The standard InChI is InChI=1S/C26H36F3N3O4S/c1-6-7-8-9-10-11-14-35-19-13-12-17(15-18(19)26(27,28)29)20-30-31-21(37-20)25(5)16-36-22(24(2,3)4)32(25)23(33)34/h12-13,15,22H,6-11,14,16H2,1-5H3,(H,33,34)/t22-,25+/m1/s1. The number of carbonyl (C=O) groups is 1. The zero-order valence-corrected chi connectivity index (χ0v) is 22.8. The molecular formula is C26H36F3N3O4S. The molecule has 2 atom stereocenters. The summed E-state index contributed by atoms with van der Waals surface area (Å²) in [5, 5.41) is 18.8. The molecule has 0 spiro atoms. The molecule has 3 rings (SSSR count). The molecule has 0 bridgehead atoms. The topological polar surface area (TPSA) is 84.8 Å². The van der Waals surface area contributed by atoms with Gasteiger partial charge in [-0.2, -0.15) is 13.2 Å². The van der Waals surface area contributed by atoms with Gasteiger partial charge in [0.15, 0.2) is 0 Å². The fraction of sp³-hybridized carbons (Fsp3) is 0.654. The Hall–Kier alpha value is -2.40. The molecule has 1 fully saturated rings. The number of aromatic nitrogens is 2. The van der Waals surface area contributed by atoms with Gasteiger partial charge < -0.3 is 14.6 Å². The van der Waals surface area contributed by atoms with Crippen molar-refractivity contribution in [2.75, 3.05) is 13.2 Å². The smallest absolute Gasteiger partial charge is 0.419 e. The van der Waals surface area contributed by atoms with E-state index in [1.165, 1.54) is 17.0 Å². The lowest BCUT2D eigenvalue weighted by atomic mass is 9.92. The minimum atomic E-state index is -4.61. The van der Waals surface area contributed by atoms with E-state index in [4.69, 9.17) is 9.47 Å². The molecule has 0 radical (unpaired) electrons. The van der Waals surface area contributed by atoms with Crippen LogP contribution >= 0.6 is 11.3 Å². The molecule has 7 nitrogen and oxygen atoms in total. The van der Waals surface area contributed by atoms with Crippen molar-refractivity contribution in [3.8, 4) is 16.3 Å². The summed E-state index contributed by atoms with van der Waals surface area (Å²) in [6.45, 7) is 9.73. The van der Waals surface area contributed by atoms with E-state index in [0.717, 1.165) is 49.5 Å². The summed E-state index contributed by atoms with van der Waals surface area (Å²) in [6.07, 6.45) is -0.411. The lowest BCUT2D eigenvalue weighted by Crippen LogP contribution is -2.51. The summed E-state index contributed by atoms with van der Waals surface area (Å²) in [5.41, 5.74) is -2.24. The largest absolute Gasteiger partial charge is 0.493 e. The first kappa shape index (κ1) is 29.2. The van der Waals surface area contributed by atoms with Crippen LogP contribution in [0.15, 0.2) is 18.2 Å². The molecule has 11 heteroatoms. The number of rotatable bonds is 10. The van der Waals surface area contributed by atoms with Crippen LogP contribution < -0.4 is 4.74 Å². The van der Waals surface area contributed by atoms with Crippen LogP contribution in [0.3, 0.4) is 0 Å². The maximum absolute atomic E-state index is 13.9. The lowest BCUT2D eigenvalue weighted by molar-refractivity contribution is -0.138. The minimum absolute atomic E-state index is 0.0644. The number of alkyl halides is 3. The van der Waals surface area contributed by atoms with Crippen molar-refractivity contribution < 1.29 is 32.5 Å². The number of amides is 1. The van der Waals surface area contributed by atoms with E-state index >= 15 is 0 Å². The van der Waals surface area contributed by atoms with Gasteiger partial charge in [0.1, 0.15) is 27.5 Å². The molecule has 1 aromatic carbocycles. The average Bonchev–Trinajstić information content (AvgIpc) is 3.44. The summed E-state index contributed by atoms with van der Waals surface area (Å²) in [4.78, 5) is 13.4. The van der Waals surface area contributed by atoms with Gasteiger partial charge in [-0.25, -0.2) is 4.79 Å². The second kappa shape index (κ2) is 11.6. The van der Waals surface area contributed by atoms with Gasteiger partial charge in [0.05, 0.1) is 18.8 Å². The van der Waals surface area contributed by atoms with Gasteiger partial charge in [-0.3, -0.25) is 4.90 Å². The van der Waals surface area contributed by atoms with Crippen LogP contribution in [0.1, 0.15) is 83.7 Å². The lowest BCUT2D eigenvalue weighted by Gasteiger charge is -2.37. The summed E-state index contributed by atoms with van der Waals surface area (Å²) >= 11 is 1.06. The molecule has 0 unspecified atom stereocenters. The number of hydrogen-bond acceptors (Lipinski definition) is 6. The Morgan fingerprint density at radius 2 is 1.86 bits per heavy atom. The highest BCUT2D eigenvalue weighted by Crippen LogP contribution is 2.45. The number of halogens is 3. The molecule has 2 aromatic rings. The number of benzene rings is 1. The maximum Gasteiger partial charge on any atom is 0.419 e. The minimum Gasteiger partial charge on any atom is -0.493 e. The fourth-order valence-electron chi connectivity index (χ4n) is 4.39. The van der Waals surface area contributed by atoms with E-state index in [9.17, 15) is 23.1 Å². The summed E-state index contributed by atoms with van der Waals surface area (Å²) in [7, 11) is 0. The number of ether oxygens (including phenoxy) is 2. The second-order valence-corrected chi connectivity index (χ2v) is 11.7. The zero-order chi connectivity index (χ0) is 27.4. The number of hydrogen-bond donors (Lipinski definition) is 1. The van der Waals surface area contributed by atoms with Gasteiger partial charge in [-0.15, -0.1) is 10.2 Å². The van der Waals surface area contributed by atoms with Crippen LogP contribution in [0.5, 0.6) is 5.75 Å². The van der Waals surface area contributed by atoms with E-state index in [0.29, 0.717) is 11.4 Å². The van der Waals surface area contributed by atoms with E-state index in [1.807, 2.05) is 20.8 Å². The van der Waals surface area contributed by atoms with Crippen LogP contribution in [0, 0.1) is 5.41 Å². The molecule has 206 valence electrons. The van der Waals surface area contributed by atoms with Gasteiger partial charge in [0, 0.05) is 11.0 Å². The maximum atomic E-state index is 13.9. The molecule has 1 aliphatic heterocycles. The van der Waals surface area contributed by atoms with E-state index in [2.05, 4.69) is 17.1 Å². The fourth-order valence-corrected chi connectivity index (χ4v) is 5.36. The predicted octanol–water partition coefficient (Wildman–Crippen LogP) is 7.56. The zero-order valence-electron chi connectivity index (χ0n) is 22.0. The molecule has 37 heavy (non-hydrogen) atoms. The molecule has 1 aliphatic rings. The number of carboxylic acid groups (broad SMARTS) is 1. The summed E-state index contributed by atoms with van der Waals surface area (Å²) < 4.78 is 52.9. The van der Waals surface area contributed by atoms with Crippen molar-refractivity contribution in [2.45, 2.75) is 91.1 Å². The Kier molecular flexibility index (Phi) is 9.10. The van der Waals surface area contributed by atoms with Crippen molar-refractivity contribution >= 4 is 17.4 Å². The van der Waals surface area contributed by atoms with Crippen molar-refractivity contribution in [1.82, 2.24) is 15.1 Å². The highest BCUT2D eigenvalue weighted by molar-refractivity contribution is 7.14. The Morgan fingerprint density at radius 1 is 1.19 bits per heavy atom. The van der Waals surface area contributed by atoms with Crippen LogP contribution in [0.25, 0.3) is 10.6 Å². The van der Waals surface area contributed by atoms with Gasteiger partial charge >= 0.3 is 12.3 Å². The molecule has 1 N–H and O–H groups in total. The highest BCUT2D eigenvalue weighted by atomic mass is 32.1. The van der Waals surface area contributed by atoms with E-state index in [1.54, 1.807) is 6.92 Å². The van der Waals surface area contributed by atoms with Gasteiger partial charge in [-0.1, -0.05) is 71.1 Å². The Morgan fingerprint density at radius 3 is 2.49 bits per heavy atom. The molecule has 0 aliphatic carbocycles.